The first-order valence-electron chi connectivity index (χ1n) is 12.0. The van der Waals surface area contributed by atoms with Gasteiger partial charge in [0.05, 0.1) is 4.90 Å². The number of nitrogens with zero attached hydrogens (tertiary/aromatic N) is 1. The Balaban J connectivity index is 2.06. The van der Waals surface area contributed by atoms with Gasteiger partial charge in [0.2, 0.25) is 21.8 Å². The largest absolute Gasteiger partial charge is 0.354 e. The molecule has 1 atom stereocenters. The number of amides is 2. The topological polar surface area (TPSA) is 95.6 Å². The predicted molar refractivity (Wildman–Crippen MR) is 135 cm³/mol. The summed E-state index contributed by atoms with van der Waals surface area (Å²) in [7, 11) is -3.51. The van der Waals surface area contributed by atoms with E-state index in [-0.39, 0.29) is 23.1 Å². The fourth-order valence-electron chi connectivity index (χ4n) is 3.60. The van der Waals surface area contributed by atoms with Gasteiger partial charge in [-0.05, 0) is 43.0 Å². The summed E-state index contributed by atoms with van der Waals surface area (Å²) in [6.07, 6.45) is 3.72. The molecule has 0 aliphatic heterocycles. The Kier molecular flexibility index (Phi) is 11.2. The number of sulfonamides is 1. The van der Waals surface area contributed by atoms with E-state index >= 15 is 0 Å². The van der Waals surface area contributed by atoms with E-state index in [1.165, 1.54) is 0 Å². The van der Waals surface area contributed by atoms with Crippen LogP contribution in [0.25, 0.3) is 0 Å². The molecule has 2 aromatic carbocycles. The van der Waals surface area contributed by atoms with Crippen molar-refractivity contribution in [2.45, 2.75) is 70.4 Å². The lowest BCUT2D eigenvalue weighted by atomic mass is 10.1. The molecule has 0 saturated heterocycles. The highest BCUT2D eigenvalue weighted by atomic mass is 32.2. The van der Waals surface area contributed by atoms with Crippen LogP contribution in [-0.2, 0) is 32.6 Å². The van der Waals surface area contributed by atoms with Crippen LogP contribution in [-0.4, -0.2) is 44.3 Å². The van der Waals surface area contributed by atoms with Crippen LogP contribution in [0.2, 0.25) is 0 Å². The second kappa shape index (κ2) is 13.9. The molecule has 7 nitrogen and oxygen atoms in total. The number of hydrogen-bond donors (Lipinski definition) is 2. The predicted octanol–water partition coefficient (Wildman–Crippen LogP) is 3.64. The fourth-order valence-corrected chi connectivity index (χ4v) is 4.64. The van der Waals surface area contributed by atoms with E-state index in [2.05, 4.69) is 17.0 Å². The molecule has 34 heavy (non-hydrogen) atoms. The summed E-state index contributed by atoms with van der Waals surface area (Å²) >= 11 is 0. The van der Waals surface area contributed by atoms with Crippen molar-refractivity contribution in [3.05, 3.63) is 65.7 Å². The van der Waals surface area contributed by atoms with E-state index in [1.807, 2.05) is 30.3 Å². The lowest BCUT2D eigenvalue weighted by molar-refractivity contribution is -0.140. The molecule has 2 N–H and O–H groups in total. The van der Waals surface area contributed by atoms with Gasteiger partial charge in [-0.2, -0.15) is 0 Å². The molecule has 2 amide bonds. The first-order chi connectivity index (χ1) is 16.3. The van der Waals surface area contributed by atoms with Crippen LogP contribution in [0.5, 0.6) is 0 Å². The highest BCUT2D eigenvalue weighted by Crippen LogP contribution is 2.15. The molecule has 186 valence electrons. The number of aryl methyl sites for hydroxylation is 1. The Bertz CT molecular complexity index is 1010. The number of rotatable bonds is 14. The third-order valence-corrected chi connectivity index (χ3v) is 7.20. The minimum atomic E-state index is -3.51. The monoisotopic (exact) mass is 487 g/mol. The third kappa shape index (κ3) is 8.57. The Labute approximate surface area is 204 Å². The molecule has 1 unspecified atom stereocenters. The standard InChI is InChI=1S/C26H37N3O4S/c1-4-6-10-19-27-26(31)21(3)29(20-23-11-8-7-9-12-23)25(30)18-15-22-13-16-24(17-14-22)34(32,33)28-5-2/h7-9,11-14,16-17,21,28H,4-6,10,15,18-20H2,1-3H3,(H,27,31). The van der Waals surface area contributed by atoms with E-state index in [4.69, 9.17) is 0 Å². The van der Waals surface area contributed by atoms with Crippen molar-refractivity contribution in [3.8, 4) is 0 Å². The van der Waals surface area contributed by atoms with Crippen LogP contribution >= 0.6 is 0 Å². The zero-order valence-corrected chi connectivity index (χ0v) is 21.2. The van der Waals surface area contributed by atoms with Gasteiger partial charge in [-0.3, -0.25) is 9.59 Å². The molecule has 0 spiro atoms. The molecule has 0 aliphatic rings. The van der Waals surface area contributed by atoms with Crippen molar-refractivity contribution in [1.29, 1.82) is 0 Å². The van der Waals surface area contributed by atoms with Gasteiger partial charge in [0.15, 0.2) is 0 Å². The average Bonchev–Trinajstić information content (AvgIpc) is 2.84. The molecule has 0 bridgehead atoms. The van der Waals surface area contributed by atoms with E-state index < -0.39 is 16.1 Å². The molecule has 0 saturated carbocycles. The van der Waals surface area contributed by atoms with Crippen LogP contribution in [0.4, 0.5) is 0 Å². The van der Waals surface area contributed by atoms with Crippen molar-refractivity contribution in [1.82, 2.24) is 14.9 Å². The lowest BCUT2D eigenvalue weighted by Gasteiger charge is -2.29. The summed E-state index contributed by atoms with van der Waals surface area (Å²) in [5, 5.41) is 2.95. The van der Waals surface area contributed by atoms with Gasteiger partial charge in [0, 0.05) is 26.1 Å². The molecule has 0 aromatic heterocycles. The normalized spacial score (nSPS) is 12.2. The van der Waals surface area contributed by atoms with E-state index in [9.17, 15) is 18.0 Å². The number of hydrogen-bond acceptors (Lipinski definition) is 4. The van der Waals surface area contributed by atoms with E-state index in [0.29, 0.717) is 26.1 Å². The van der Waals surface area contributed by atoms with Crippen LogP contribution in [0, 0.1) is 0 Å². The van der Waals surface area contributed by atoms with Crippen LogP contribution in [0.3, 0.4) is 0 Å². The minimum Gasteiger partial charge on any atom is -0.354 e. The van der Waals surface area contributed by atoms with Gasteiger partial charge >= 0.3 is 0 Å². The fraction of sp³-hybridized carbons (Fsp3) is 0.462. The Morgan fingerprint density at radius 1 is 0.941 bits per heavy atom. The van der Waals surface area contributed by atoms with E-state index in [0.717, 1.165) is 30.4 Å². The van der Waals surface area contributed by atoms with Crippen molar-refractivity contribution >= 4 is 21.8 Å². The Morgan fingerprint density at radius 3 is 2.24 bits per heavy atom. The van der Waals surface area contributed by atoms with Crippen molar-refractivity contribution in [3.63, 3.8) is 0 Å². The maximum absolute atomic E-state index is 13.2. The summed E-state index contributed by atoms with van der Waals surface area (Å²) in [6, 6.07) is 15.6. The van der Waals surface area contributed by atoms with Gasteiger partial charge in [-0.25, -0.2) is 13.1 Å². The number of benzene rings is 2. The molecule has 8 heteroatoms. The summed E-state index contributed by atoms with van der Waals surface area (Å²) < 4.78 is 26.7. The first kappa shape index (κ1) is 27.5. The zero-order chi connectivity index (χ0) is 25.0. The quantitative estimate of drug-likeness (QED) is 0.398. The maximum atomic E-state index is 13.2. The molecule has 0 heterocycles. The Hall–Kier alpha value is -2.71. The van der Waals surface area contributed by atoms with Crippen molar-refractivity contribution < 1.29 is 18.0 Å². The molecule has 0 fully saturated rings. The van der Waals surface area contributed by atoms with Crippen molar-refractivity contribution in [2.24, 2.45) is 0 Å². The first-order valence-corrected chi connectivity index (χ1v) is 13.5. The van der Waals surface area contributed by atoms with Crippen LogP contribution in [0.1, 0.15) is 57.6 Å². The molecule has 0 aliphatic carbocycles. The third-order valence-electron chi connectivity index (χ3n) is 5.64. The second-order valence-electron chi connectivity index (χ2n) is 8.33. The summed E-state index contributed by atoms with van der Waals surface area (Å²) in [5.41, 5.74) is 1.82. The van der Waals surface area contributed by atoms with Gasteiger partial charge in [-0.15, -0.1) is 0 Å². The van der Waals surface area contributed by atoms with E-state index in [1.54, 1.807) is 43.0 Å². The highest BCUT2D eigenvalue weighted by molar-refractivity contribution is 7.89. The van der Waals surface area contributed by atoms with Gasteiger partial charge < -0.3 is 10.2 Å². The summed E-state index contributed by atoms with van der Waals surface area (Å²) in [5.74, 6) is -0.275. The van der Waals surface area contributed by atoms with Crippen molar-refractivity contribution in [2.75, 3.05) is 13.1 Å². The Morgan fingerprint density at radius 2 is 1.62 bits per heavy atom. The number of unbranched alkanes of at least 4 members (excludes halogenated alkanes) is 2. The molecule has 2 rings (SSSR count). The SMILES string of the molecule is CCCCCNC(=O)C(C)N(Cc1ccccc1)C(=O)CCc1ccc(S(=O)(=O)NCC)cc1. The second-order valence-corrected chi connectivity index (χ2v) is 10.1. The molecular weight excluding hydrogens is 450 g/mol. The van der Waals surface area contributed by atoms with Gasteiger partial charge in [0.25, 0.3) is 0 Å². The average molecular weight is 488 g/mol. The van der Waals surface area contributed by atoms with Crippen LogP contribution < -0.4 is 10.0 Å². The minimum absolute atomic E-state index is 0.121. The maximum Gasteiger partial charge on any atom is 0.242 e. The molecule has 0 radical (unpaired) electrons. The summed E-state index contributed by atoms with van der Waals surface area (Å²) in [4.78, 5) is 27.7. The van der Waals surface area contributed by atoms with Crippen LogP contribution in [0.15, 0.2) is 59.5 Å². The number of carbonyl (C=O) groups excluding carboxylic acids is 2. The smallest absolute Gasteiger partial charge is 0.242 e. The summed E-state index contributed by atoms with van der Waals surface area (Å²) in [6.45, 7) is 6.87. The lowest BCUT2D eigenvalue weighted by Crippen LogP contribution is -2.47. The number of nitrogens with one attached hydrogen (secondary N) is 2. The number of carbonyl (C=O) groups is 2. The zero-order valence-electron chi connectivity index (χ0n) is 20.4. The molecular formula is C26H37N3O4S. The van der Waals surface area contributed by atoms with Gasteiger partial charge in [0.1, 0.15) is 6.04 Å². The highest BCUT2D eigenvalue weighted by Gasteiger charge is 2.25. The molecule has 2 aromatic rings. The van der Waals surface area contributed by atoms with Gasteiger partial charge in [-0.1, -0.05) is 69.2 Å².